The molecule has 2 saturated heterocycles. The van der Waals surface area contributed by atoms with E-state index in [0.29, 0.717) is 22.7 Å². The Hall–Kier alpha value is -3.23. The first-order valence-corrected chi connectivity index (χ1v) is 10.9. The van der Waals surface area contributed by atoms with E-state index in [1.807, 2.05) is 12.1 Å². The molecule has 0 aliphatic carbocycles. The molecule has 1 atom stereocenters. The SMILES string of the molecule is [2H]C1([2H])C(=O)NC(=O)C([2H])(N2Cc3c(NCc4ccc(CN5CCOCC5)cc4)cccc3C2=O)C1([2H])[2H]. The fraction of sp³-hybridized carbons (Fsp3) is 0.400. The fourth-order valence-electron chi connectivity index (χ4n) is 4.21. The van der Waals surface area contributed by atoms with Gasteiger partial charge in [-0.25, -0.2) is 0 Å². The van der Waals surface area contributed by atoms with Crippen molar-refractivity contribution in [2.45, 2.75) is 38.4 Å². The zero-order valence-electron chi connectivity index (χ0n) is 23.0. The summed E-state index contributed by atoms with van der Waals surface area (Å²) < 4.78 is 46.4. The molecule has 3 heterocycles. The maximum atomic E-state index is 13.3. The summed E-state index contributed by atoms with van der Waals surface area (Å²) in [7, 11) is 0. The van der Waals surface area contributed by atoms with E-state index < -0.39 is 36.5 Å². The van der Waals surface area contributed by atoms with Crippen molar-refractivity contribution in [2.24, 2.45) is 0 Å². The summed E-state index contributed by atoms with van der Waals surface area (Å²) in [5.41, 5.74) is 3.42. The number of hydrogen-bond acceptors (Lipinski definition) is 6. The van der Waals surface area contributed by atoms with Gasteiger partial charge in [-0.15, -0.1) is 0 Å². The van der Waals surface area contributed by atoms with Crippen molar-refractivity contribution >= 4 is 23.4 Å². The third-order valence-corrected chi connectivity index (χ3v) is 5.99. The van der Waals surface area contributed by atoms with Crippen LogP contribution in [0.2, 0.25) is 0 Å². The third kappa shape index (κ3) is 4.62. The molecule has 0 spiro atoms. The van der Waals surface area contributed by atoms with Crippen LogP contribution in [0.25, 0.3) is 0 Å². The van der Waals surface area contributed by atoms with Crippen LogP contribution in [-0.4, -0.2) is 59.8 Å². The van der Waals surface area contributed by atoms with Crippen LogP contribution in [0.1, 0.15) is 46.6 Å². The molecule has 2 aromatic rings. The van der Waals surface area contributed by atoms with Gasteiger partial charge in [-0.2, -0.15) is 0 Å². The minimum atomic E-state index is -3.30. The van der Waals surface area contributed by atoms with E-state index in [4.69, 9.17) is 11.6 Å². The average molecular weight is 454 g/mol. The molecule has 33 heavy (non-hydrogen) atoms. The van der Waals surface area contributed by atoms with E-state index in [1.165, 1.54) is 11.6 Å². The molecule has 0 saturated carbocycles. The van der Waals surface area contributed by atoms with Crippen molar-refractivity contribution in [3.8, 4) is 0 Å². The van der Waals surface area contributed by atoms with Gasteiger partial charge in [-0.05, 0) is 29.6 Å². The molecule has 0 aromatic heterocycles. The first-order valence-electron chi connectivity index (χ1n) is 13.4. The van der Waals surface area contributed by atoms with E-state index in [1.54, 1.807) is 17.4 Å². The molecule has 0 bridgehead atoms. The number of imide groups is 1. The lowest BCUT2D eigenvalue weighted by molar-refractivity contribution is -0.136. The van der Waals surface area contributed by atoms with Gasteiger partial charge in [-0.1, -0.05) is 30.3 Å². The lowest BCUT2D eigenvalue weighted by Gasteiger charge is -2.29. The average Bonchev–Trinajstić information content (AvgIpc) is 3.24. The highest BCUT2D eigenvalue weighted by Crippen LogP contribution is 2.32. The second-order valence-corrected chi connectivity index (χ2v) is 8.16. The summed E-state index contributed by atoms with van der Waals surface area (Å²) in [5.74, 6) is -3.64. The largest absolute Gasteiger partial charge is 0.381 e. The zero-order valence-corrected chi connectivity index (χ0v) is 18.0. The van der Waals surface area contributed by atoms with Crippen LogP contribution in [0.4, 0.5) is 5.69 Å². The van der Waals surface area contributed by atoms with E-state index in [-0.39, 0.29) is 12.1 Å². The zero-order chi connectivity index (χ0) is 27.3. The maximum Gasteiger partial charge on any atom is 0.255 e. The van der Waals surface area contributed by atoms with Gasteiger partial charge in [0.2, 0.25) is 11.8 Å². The number of nitrogens with one attached hydrogen (secondary N) is 2. The normalized spacial score (nSPS) is 28.7. The van der Waals surface area contributed by atoms with Gasteiger partial charge in [0.25, 0.3) is 5.91 Å². The standard InChI is InChI=1S/C25H28N4O4/c30-23-9-8-22(24(31)27-23)29-16-20-19(25(29)32)2-1-3-21(20)26-14-17-4-6-18(7-5-17)15-28-10-12-33-13-11-28/h1-7,22,26H,8-16H2,(H,27,30,31)/i8D2,9D2,22D. The quantitative estimate of drug-likeness (QED) is 0.650. The Morgan fingerprint density at radius 3 is 2.64 bits per heavy atom. The number of morpholine rings is 1. The fourth-order valence-corrected chi connectivity index (χ4v) is 4.21. The number of hydrogen-bond donors (Lipinski definition) is 2. The Kier molecular flexibility index (Phi) is 4.63. The maximum absolute atomic E-state index is 13.3. The molecular weight excluding hydrogens is 420 g/mol. The number of piperidine rings is 1. The van der Waals surface area contributed by atoms with E-state index in [0.717, 1.165) is 38.4 Å². The molecule has 3 amide bonds. The summed E-state index contributed by atoms with van der Waals surface area (Å²) in [6, 6.07) is 10.1. The number of rotatable bonds is 6. The van der Waals surface area contributed by atoms with Gasteiger partial charge in [0.15, 0.2) is 0 Å². The predicted molar refractivity (Wildman–Crippen MR) is 122 cm³/mol. The van der Waals surface area contributed by atoms with Crippen LogP contribution in [0.3, 0.4) is 0 Å². The molecule has 172 valence electrons. The van der Waals surface area contributed by atoms with Crippen molar-refractivity contribution in [1.29, 1.82) is 0 Å². The number of fused-ring (bicyclic) bond motifs is 1. The molecule has 3 aliphatic rings. The number of anilines is 1. The highest BCUT2D eigenvalue weighted by molar-refractivity contribution is 6.06. The Bertz CT molecular complexity index is 1280. The first-order chi connectivity index (χ1) is 18.0. The van der Waals surface area contributed by atoms with Crippen LogP contribution in [0.5, 0.6) is 0 Å². The molecule has 3 aliphatic heterocycles. The number of nitrogens with zero attached hydrogens (tertiary/aromatic N) is 2. The monoisotopic (exact) mass is 453 g/mol. The van der Waals surface area contributed by atoms with Crippen molar-refractivity contribution in [3.63, 3.8) is 0 Å². The topological polar surface area (TPSA) is 91.0 Å². The van der Waals surface area contributed by atoms with Gasteiger partial charge < -0.3 is 15.0 Å². The molecule has 5 rings (SSSR count). The van der Waals surface area contributed by atoms with Gasteiger partial charge in [0.1, 0.15) is 6.02 Å². The minimum Gasteiger partial charge on any atom is -0.381 e. The number of ether oxygens (including phenoxy) is 1. The second kappa shape index (κ2) is 9.33. The van der Waals surface area contributed by atoms with Crippen LogP contribution in [-0.2, 0) is 34.0 Å². The van der Waals surface area contributed by atoms with Crippen molar-refractivity contribution in [3.05, 3.63) is 64.7 Å². The molecule has 1 unspecified atom stereocenters. The highest BCUT2D eigenvalue weighted by Gasteiger charge is 2.39. The number of benzene rings is 2. The Labute approximate surface area is 199 Å². The minimum absolute atomic E-state index is 0.184. The number of carbonyl (C=O) groups is 3. The van der Waals surface area contributed by atoms with E-state index in [9.17, 15) is 14.4 Å². The summed E-state index contributed by atoms with van der Waals surface area (Å²) in [6.07, 6.45) is -6.50. The summed E-state index contributed by atoms with van der Waals surface area (Å²) in [4.78, 5) is 41.0. The highest BCUT2D eigenvalue weighted by atomic mass is 16.5. The molecular formula is C25H28N4O4. The molecule has 2 fully saturated rings. The van der Waals surface area contributed by atoms with Crippen LogP contribution in [0.15, 0.2) is 42.5 Å². The van der Waals surface area contributed by atoms with Crippen LogP contribution in [0, 0.1) is 0 Å². The number of carbonyl (C=O) groups excluding carboxylic acids is 3. The van der Waals surface area contributed by atoms with Crippen LogP contribution < -0.4 is 10.6 Å². The lowest BCUT2D eigenvalue weighted by Crippen LogP contribution is -2.52. The van der Waals surface area contributed by atoms with Crippen molar-refractivity contribution < 1.29 is 26.0 Å². The first kappa shape index (κ1) is 16.4. The number of amides is 3. The molecule has 2 N–H and O–H groups in total. The Morgan fingerprint density at radius 2 is 1.85 bits per heavy atom. The van der Waals surface area contributed by atoms with Gasteiger partial charge in [0, 0.05) is 61.4 Å². The van der Waals surface area contributed by atoms with Crippen LogP contribution >= 0.6 is 0 Å². The smallest absolute Gasteiger partial charge is 0.255 e. The molecule has 2 aromatic carbocycles. The van der Waals surface area contributed by atoms with E-state index >= 15 is 0 Å². The molecule has 0 radical (unpaired) electrons. The van der Waals surface area contributed by atoms with Gasteiger partial charge in [0.05, 0.1) is 14.6 Å². The van der Waals surface area contributed by atoms with E-state index in [2.05, 4.69) is 22.3 Å². The van der Waals surface area contributed by atoms with Gasteiger partial charge in [-0.3, -0.25) is 24.6 Å². The Balaban J connectivity index is 1.32. The third-order valence-electron chi connectivity index (χ3n) is 5.99. The summed E-state index contributed by atoms with van der Waals surface area (Å²) in [5, 5.41) is 5.02. The Morgan fingerprint density at radius 1 is 1.09 bits per heavy atom. The lowest BCUT2D eigenvalue weighted by atomic mass is 10.0. The van der Waals surface area contributed by atoms with Crippen molar-refractivity contribution in [1.82, 2.24) is 15.1 Å². The van der Waals surface area contributed by atoms with Crippen molar-refractivity contribution in [2.75, 3.05) is 31.6 Å². The second-order valence-electron chi connectivity index (χ2n) is 8.16. The summed E-state index contributed by atoms with van der Waals surface area (Å²) >= 11 is 0. The molecule has 8 nitrogen and oxygen atoms in total. The predicted octanol–water partition coefficient (Wildman–Crippen LogP) is 1.89. The van der Waals surface area contributed by atoms with Gasteiger partial charge >= 0.3 is 0 Å². The summed E-state index contributed by atoms with van der Waals surface area (Å²) in [6.45, 7) is 4.28. The molecule has 8 heteroatoms.